The van der Waals surface area contributed by atoms with Crippen molar-refractivity contribution < 1.29 is 4.79 Å². The molecular formula is C20H30N2O. The van der Waals surface area contributed by atoms with Gasteiger partial charge in [0.05, 0.1) is 5.92 Å². The molecule has 2 aliphatic heterocycles. The molecular weight excluding hydrogens is 284 g/mol. The molecule has 3 heteroatoms. The van der Waals surface area contributed by atoms with Crippen molar-refractivity contribution in [1.82, 2.24) is 9.80 Å². The van der Waals surface area contributed by atoms with Crippen molar-refractivity contribution >= 4 is 5.91 Å². The van der Waals surface area contributed by atoms with E-state index in [1.807, 2.05) is 0 Å². The predicted octanol–water partition coefficient (Wildman–Crippen LogP) is 3.61. The highest BCUT2D eigenvalue weighted by Crippen LogP contribution is 2.23. The van der Waals surface area contributed by atoms with Crippen LogP contribution in [0.4, 0.5) is 0 Å². The number of piperidine rings is 1. The van der Waals surface area contributed by atoms with Crippen molar-refractivity contribution in [1.29, 1.82) is 0 Å². The summed E-state index contributed by atoms with van der Waals surface area (Å²) in [6.07, 6.45) is 7.16. The lowest BCUT2D eigenvalue weighted by atomic mass is 9.95. The van der Waals surface area contributed by atoms with Crippen LogP contribution in [0.15, 0.2) is 24.3 Å². The van der Waals surface area contributed by atoms with Gasteiger partial charge in [0.25, 0.3) is 0 Å². The van der Waals surface area contributed by atoms with Crippen LogP contribution >= 0.6 is 0 Å². The first kappa shape index (κ1) is 16.5. The van der Waals surface area contributed by atoms with Crippen LogP contribution in [-0.2, 0) is 11.3 Å². The Kier molecular flexibility index (Phi) is 5.71. The van der Waals surface area contributed by atoms with Crippen LogP contribution in [0.25, 0.3) is 0 Å². The van der Waals surface area contributed by atoms with Gasteiger partial charge in [-0.2, -0.15) is 0 Å². The Morgan fingerprint density at radius 1 is 1.04 bits per heavy atom. The molecule has 2 saturated heterocycles. The number of likely N-dealkylation sites (tertiary alicyclic amines) is 2. The van der Waals surface area contributed by atoms with Gasteiger partial charge < -0.3 is 4.90 Å². The lowest BCUT2D eigenvalue weighted by molar-refractivity contribution is -0.137. The summed E-state index contributed by atoms with van der Waals surface area (Å²) in [5.41, 5.74) is 2.75. The van der Waals surface area contributed by atoms with Gasteiger partial charge in [0.2, 0.25) is 5.91 Å². The van der Waals surface area contributed by atoms with Gasteiger partial charge in [-0.3, -0.25) is 9.69 Å². The van der Waals surface area contributed by atoms with E-state index < -0.39 is 0 Å². The summed E-state index contributed by atoms with van der Waals surface area (Å²) in [6, 6.07) is 8.61. The Labute approximate surface area is 140 Å². The number of hydrogen-bond acceptors (Lipinski definition) is 2. The number of aryl methyl sites for hydroxylation is 1. The number of carbonyl (C=O) groups excluding carboxylic acids is 1. The Morgan fingerprint density at radius 3 is 2.52 bits per heavy atom. The molecule has 0 unspecified atom stereocenters. The van der Waals surface area contributed by atoms with Gasteiger partial charge in [0, 0.05) is 26.2 Å². The largest absolute Gasteiger partial charge is 0.342 e. The third-order valence-electron chi connectivity index (χ3n) is 5.43. The van der Waals surface area contributed by atoms with Crippen LogP contribution in [0.2, 0.25) is 0 Å². The average molecular weight is 314 g/mol. The highest BCUT2D eigenvalue weighted by atomic mass is 16.2. The molecule has 1 amide bonds. The van der Waals surface area contributed by atoms with E-state index in [0.29, 0.717) is 5.91 Å². The van der Waals surface area contributed by atoms with Crippen LogP contribution < -0.4 is 0 Å². The SMILES string of the molecule is Cc1ccccc1CN1CCC[C@@H](C(=O)N2CCCCCC2)C1. The van der Waals surface area contributed by atoms with E-state index in [4.69, 9.17) is 0 Å². The number of rotatable bonds is 3. The van der Waals surface area contributed by atoms with E-state index >= 15 is 0 Å². The Bertz CT molecular complexity index is 520. The third-order valence-corrected chi connectivity index (χ3v) is 5.43. The summed E-state index contributed by atoms with van der Waals surface area (Å²) < 4.78 is 0. The summed E-state index contributed by atoms with van der Waals surface area (Å²) in [5.74, 6) is 0.632. The van der Waals surface area contributed by atoms with Gasteiger partial charge in [-0.25, -0.2) is 0 Å². The minimum atomic E-state index is 0.214. The van der Waals surface area contributed by atoms with Crippen LogP contribution in [0, 0.1) is 12.8 Å². The molecule has 23 heavy (non-hydrogen) atoms. The summed E-state index contributed by atoms with van der Waals surface area (Å²) in [7, 11) is 0. The number of amides is 1. The van der Waals surface area contributed by atoms with Gasteiger partial charge in [0.15, 0.2) is 0 Å². The second kappa shape index (κ2) is 7.96. The maximum Gasteiger partial charge on any atom is 0.226 e. The molecule has 2 heterocycles. The summed E-state index contributed by atoms with van der Waals surface area (Å²) >= 11 is 0. The molecule has 2 fully saturated rings. The monoisotopic (exact) mass is 314 g/mol. The molecule has 1 aromatic rings. The zero-order chi connectivity index (χ0) is 16.1. The van der Waals surface area contributed by atoms with Crippen LogP contribution in [-0.4, -0.2) is 41.9 Å². The Balaban J connectivity index is 1.59. The Morgan fingerprint density at radius 2 is 1.78 bits per heavy atom. The molecule has 0 saturated carbocycles. The van der Waals surface area contributed by atoms with E-state index in [-0.39, 0.29) is 5.92 Å². The molecule has 0 bridgehead atoms. The smallest absolute Gasteiger partial charge is 0.226 e. The van der Waals surface area contributed by atoms with Gasteiger partial charge in [-0.15, -0.1) is 0 Å². The summed E-state index contributed by atoms with van der Waals surface area (Å²) in [6.45, 7) is 7.18. The molecule has 3 rings (SSSR count). The molecule has 126 valence electrons. The molecule has 3 nitrogen and oxygen atoms in total. The normalized spacial score (nSPS) is 23.5. The first-order valence-corrected chi connectivity index (χ1v) is 9.29. The quantitative estimate of drug-likeness (QED) is 0.851. The van der Waals surface area contributed by atoms with Crippen LogP contribution in [0.1, 0.15) is 49.7 Å². The fourth-order valence-corrected chi connectivity index (χ4v) is 3.98. The van der Waals surface area contributed by atoms with Crippen molar-refractivity contribution in [3.63, 3.8) is 0 Å². The van der Waals surface area contributed by atoms with Crippen molar-refractivity contribution in [3.05, 3.63) is 35.4 Å². The standard InChI is InChI=1S/C20H30N2O/c1-17-9-4-5-10-18(17)15-21-12-8-11-19(16-21)20(23)22-13-6-2-3-7-14-22/h4-5,9-10,19H,2-3,6-8,11-16H2,1H3/t19-/m1/s1. The van der Waals surface area contributed by atoms with Crippen molar-refractivity contribution in [2.24, 2.45) is 5.92 Å². The highest BCUT2D eigenvalue weighted by Gasteiger charge is 2.29. The van der Waals surface area contributed by atoms with Gasteiger partial charge >= 0.3 is 0 Å². The number of carbonyl (C=O) groups is 1. The molecule has 1 aromatic carbocycles. The summed E-state index contributed by atoms with van der Waals surface area (Å²) in [4.78, 5) is 17.5. The molecule has 0 spiro atoms. The number of hydrogen-bond donors (Lipinski definition) is 0. The van der Waals surface area contributed by atoms with Crippen molar-refractivity contribution in [2.45, 2.75) is 52.0 Å². The molecule has 0 aliphatic carbocycles. The van der Waals surface area contributed by atoms with Crippen molar-refractivity contribution in [2.75, 3.05) is 26.2 Å². The van der Waals surface area contributed by atoms with Crippen molar-refractivity contribution in [3.8, 4) is 0 Å². The fraction of sp³-hybridized carbons (Fsp3) is 0.650. The second-order valence-corrected chi connectivity index (χ2v) is 7.24. The fourth-order valence-electron chi connectivity index (χ4n) is 3.98. The van der Waals surface area contributed by atoms with E-state index in [0.717, 1.165) is 45.6 Å². The van der Waals surface area contributed by atoms with Crippen LogP contribution in [0.3, 0.4) is 0 Å². The van der Waals surface area contributed by atoms with Gasteiger partial charge in [0.1, 0.15) is 0 Å². The lowest BCUT2D eigenvalue weighted by Crippen LogP contribution is -2.44. The molecule has 2 aliphatic rings. The van der Waals surface area contributed by atoms with Gasteiger partial charge in [-0.1, -0.05) is 37.1 Å². The molecule has 0 N–H and O–H groups in total. The molecule has 0 radical (unpaired) electrons. The Hall–Kier alpha value is -1.35. The predicted molar refractivity (Wildman–Crippen MR) is 94.2 cm³/mol. The third kappa shape index (κ3) is 4.35. The van der Waals surface area contributed by atoms with Gasteiger partial charge in [-0.05, 0) is 50.3 Å². The topological polar surface area (TPSA) is 23.6 Å². The van der Waals surface area contributed by atoms with E-state index in [9.17, 15) is 4.79 Å². The lowest BCUT2D eigenvalue weighted by Gasteiger charge is -2.35. The number of nitrogens with zero attached hydrogens (tertiary/aromatic N) is 2. The maximum atomic E-state index is 12.9. The zero-order valence-electron chi connectivity index (χ0n) is 14.5. The molecule has 1 atom stereocenters. The molecule has 0 aromatic heterocycles. The van der Waals surface area contributed by atoms with E-state index in [2.05, 4.69) is 41.0 Å². The zero-order valence-corrected chi connectivity index (χ0v) is 14.5. The van der Waals surface area contributed by atoms with E-state index in [1.54, 1.807) is 0 Å². The summed E-state index contributed by atoms with van der Waals surface area (Å²) in [5, 5.41) is 0. The highest BCUT2D eigenvalue weighted by molar-refractivity contribution is 5.79. The van der Waals surface area contributed by atoms with Crippen LogP contribution in [0.5, 0.6) is 0 Å². The minimum absolute atomic E-state index is 0.214. The second-order valence-electron chi connectivity index (χ2n) is 7.24. The first-order chi connectivity index (χ1) is 11.2. The minimum Gasteiger partial charge on any atom is -0.342 e. The number of benzene rings is 1. The first-order valence-electron chi connectivity index (χ1n) is 9.29. The average Bonchev–Trinajstić information content (AvgIpc) is 2.86. The maximum absolute atomic E-state index is 12.9. The van der Waals surface area contributed by atoms with E-state index in [1.165, 1.54) is 36.8 Å².